The van der Waals surface area contributed by atoms with Crippen LogP contribution in [0.15, 0.2) is 0 Å². The molecule has 0 aliphatic carbocycles. The smallest absolute Gasteiger partial charge is 0.222 e. The maximum absolute atomic E-state index is 11.5. The van der Waals surface area contributed by atoms with E-state index in [1.165, 1.54) is 12.8 Å². The molecule has 2 N–H and O–H groups in total. The molecule has 4 nitrogen and oxygen atoms in total. The molecule has 4 heteroatoms. The molecule has 100 valence electrons. The lowest BCUT2D eigenvalue weighted by atomic mass is 9.74. The van der Waals surface area contributed by atoms with E-state index in [0.717, 1.165) is 19.6 Å². The molecule has 1 aliphatic rings. The third kappa shape index (κ3) is 5.04. The normalized spacial score (nSPS) is 18.1. The molecule has 1 amide bonds. The van der Waals surface area contributed by atoms with Gasteiger partial charge in [-0.2, -0.15) is 0 Å². The Morgan fingerprint density at radius 2 is 2.06 bits per heavy atom. The number of methoxy groups -OCH3 is 1. The molecule has 1 rings (SSSR count). The maximum Gasteiger partial charge on any atom is 0.222 e. The molecule has 1 heterocycles. The Balaban J connectivity index is 2.29. The third-order valence-electron chi connectivity index (χ3n) is 3.72. The van der Waals surface area contributed by atoms with Gasteiger partial charge in [-0.1, -0.05) is 13.8 Å². The first-order chi connectivity index (χ1) is 8.06. The first-order valence-electron chi connectivity index (χ1n) is 6.52. The lowest BCUT2D eigenvalue weighted by molar-refractivity contribution is -0.122. The molecule has 0 saturated carbocycles. The SMILES string of the molecule is COCCC(=O)NCC(C)(C)C1CCNCC1. The van der Waals surface area contributed by atoms with Crippen LogP contribution in [0.25, 0.3) is 0 Å². The minimum atomic E-state index is 0.0915. The van der Waals surface area contributed by atoms with E-state index in [0.29, 0.717) is 18.9 Å². The predicted octanol–water partition coefficient (Wildman–Crippen LogP) is 1.16. The Bertz CT molecular complexity index is 236. The van der Waals surface area contributed by atoms with Gasteiger partial charge < -0.3 is 15.4 Å². The number of hydrogen-bond donors (Lipinski definition) is 2. The summed E-state index contributed by atoms with van der Waals surface area (Å²) in [6.07, 6.45) is 2.88. The molecule has 0 radical (unpaired) electrons. The molecule has 1 saturated heterocycles. The van der Waals surface area contributed by atoms with E-state index in [9.17, 15) is 4.79 Å². The molecule has 17 heavy (non-hydrogen) atoms. The highest BCUT2D eigenvalue weighted by molar-refractivity contribution is 5.75. The van der Waals surface area contributed by atoms with Gasteiger partial charge >= 0.3 is 0 Å². The highest BCUT2D eigenvalue weighted by Gasteiger charge is 2.30. The molecule has 0 unspecified atom stereocenters. The van der Waals surface area contributed by atoms with Gasteiger partial charge in [-0.05, 0) is 37.3 Å². The minimum absolute atomic E-state index is 0.0915. The molecule has 0 bridgehead atoms. The first kappa shape index (κ1) is 14.5. The lowest BCUT2D eigenvalue weighted by Gasteiger charge is -2.37. The van der Waals surface area contributed by atoms with E-state index in [2.05, 4.69) is 24.5 Å². The molecule has 0 spiro atoms. The summed E-state index contributed by atoms with van der Waals surface area (Å²) >= 11 is 0. The summed E-state index contributed by atoms with van der Waals surface area (Å²) in [5, 5.41) is 6.39. The van der Waals surface area contributed by atoms with Crippen LogP contribution in [-0.4, -0.2) is 39.3 Å². The Morgan fingerprint density at radius 1 is 1.41 bits per heavy atom. The van der Waals surface area contributed by atoms with Gasteiger partial charge in [0.1, 0.15) is 0 Å². The van der Waals surface area contributed by atoms with Gasteiger partial charge in [0, 0.05) is 20.1 Å². The largest absolute Gasteiger partial charge is 0.384 e. The monoisotopic (exact) mass is 242 g/mol. The van der Waals surface area contributed by atoms with Crippen molar-refractivity contribution in [3.63, 3.8) is 0 Å². The molecule has 1 fully saturated rings. The number of ether oxygens (including phenoxy) is 1. The third-order valence-corrected chi connectivity index (χ3v) is 3.72. The van der Waals surface area contributed by atoms with E-state index >= 15 is 0 Å². The van der Waals surface area contributed by atoms with Crippen molar-refractivity contribution in [2.45, 2.75) is 33.1 Å². The van der Waals surface area contributed by atoms with Gasteiger partial charge in [-0.25, -0.2) is 0 Å². The topological polar surface area (TPSA) is 50.4 Å². The lowest BCUT2D eigenvalue weighted by Crippen LogP contribution is -2.42. The summed E-state index contributed by atoms with van der Waals surface area (Å²) in [7, 11) is 1.62. The van der Waals surface area contributed by atoms with E-state index in [1.54, 1.807) is 7.11 Å². The van der Waals surface area contributed by atoms with Crippen molar-refractivity contribution in [1.29, 1.82) is 0 Å². The second-order valence-electron chi connectivity index (χ2n) is 5.53. The van der Waals surface area contributed by atoms with Crippen LogP contribution in [0, 0.1) is 11.3 Å². The predicted molar refractivity (Wildman–Crippen MR) is 68.9 cm³/mol. The summed E-state index contributed by atoms with van der Waals surface area (Å²) in [6.45, 7) is 7.97. The van der Waals surface area contributed by atoms with Crippen molar-refractivity contribution in [1.82, 2.24) is 10.6 Å². The van der Waals surface area contributed by atoms with E-state index in [-0.39, 0.29) is 11.3 Å². The van der Waals surface area contributed by atoms with E-state index < -0.39 is 0 Å². The number of rotatable bonds is 6. The second kappa shape index (κ2) is 6.97. The second-order valence-corrected chi connectivity index (χ2v) is 5.53. The summed E-state index contributed by atoms with van der Waals surface area (Å²) < 4.78 is 4.89. The van der Waals surface area contributed by atoms with Crippen LogP contribution in [-0.2, 0) is 9.53 Å². The van der Waals surface area contributed by atoms with Crippen LogP contribution >= 0.6 is 0 Å². The number of carbonyl (C=O) groups is 1. The number of hydrogen-bond acceptors (Lipinski definition) is 3. The van der Waals surface area contributed by atoms with Gasteiger partial charge in [-0.3, -0.25) is 4.79 Å². The fourth-order valence-electron chi connectivity index (χ4n) is 2.36. The van der Waals surface area contributed by atoms with Crippen LogP contribution in [0.4, 0.5) is 0 Å². The van der Waals surface area contributed by atoms with Gasteiger partial charge in [0.2, 0.25) is 5.91 Å². The Kier molecular flexibility index (Phi) is 5.92. The Morgan fingerprint density at radius 3 is 2.65 bits per heavy atom. The van der Waals surface area contributed by atoms with Crippen molar-refractivity contribution in [3.8, 4) is 0 Å². The summed E-state index contributed by atoms with van der Waals surface area (Å²) in [4.78, 5) is 11.5. The molecule has 1 aliphatic heterocycles. The summed E-state index contributed by atoms with van der Waals surface area (Å²) in [6, 6.07) is 0. The molecular weight excluding hydrogens is 216 g/mol. The van der Waals surface area contributed by atoms with Gasteiger partial charge in [0.15, 0.2) is 0 Å². The van der Waals surface area contributed by atoms with Crippen LogP contribution in [0.2, 0.25) is 0 Å². The number of carbonyl (C=O) groups excluding carboxylic acids is 1. The standard InChI is InChI=1S/C13H26N2O2/c1-13(2,11-4-7-14-8-5-11)10-15-12(16)6-9-17-3/h11,14H,4-10H2,1-3H3,(H,15,16). The molecule has 0 aromatic heterocycles. The molecule has 0 aromatic rings. The van der Waals surface area contributed by atoms with Gasteiger partial charge in [0.25, 0.3) is 0 Å². The average Bonchev–Trinajstić information content (AvgIpc) is 2.35. The average molecular weight is 242 g/mol. The fraction of sp³-hybridized carbons (Fsp3) is 0.923. The van der Waals surface area contributed by atoms with E-state index in [4.69, 9.17) is 4.74 Å². The Labute approximate surface area is 104 Å². The molecule has 0 aromatic carbocycles. The number of amides is 1. The summed E-state index contributed by atoms with van der Waals surface area (Å²) in [5.74, 6) is 0.792. The zero-order valence-electron chi connectivity index (χ0n) is 11.3. The highest BCUT2D eigenvalue weighted by atomic mass is 16.5. The van der Waals surface area contributed by atoms with Crippen LogP contribution in [0.5, 0.6) is 0 Å². The number of piperidine rings is 1. The van der Waals surface area contributed by atoms with Crippen molar-refractivity contribution in [2.24, 2.45) is 11.3 Å². The highest BCUT2D eigenvalue weighted by Crippen LogP contribution is 2.32. The maximum atomic E-state index is 11.5. The Hall–Kier alpha value is -0.610. The molecular formula is C13H26N2O2. The van der Waals surface area contributed by atoms with Crippen molar-refractivity contribution >= 4 is 5.91 Å². The van der Waals surface area contributed by atoms with Crippen molar-refractivity contribution in [2.75, 3.05) is 33.4 Å². The zero-order chi connectivity index (χ0) is 12.7. The van der Waals surface area contributed by atoms with Crippen molar-refractivity contribution in [3.05, 3.63) is 0 Å². The van der Waals surface area contributed by atoms with Crippen LogP contribution in [0.1, 0.15) is 33.1 Å². The van der Waals surface area contributed by atoms with Crippen LogP contribution < -0.4 is 10.6 Å². The first-order valence-corrected chi connectivity index (χ1v) is 6.52. The van der Waals surface area contributed by atoms with Gasteiger partial charge in [0.05, 0.1) is 6.61 Å². The fourth-order valence-corrected chi connectivity index (χ4v) is 2.36. The molecule has 0 atom stereocenters. The van der Waals surface area contributed by atoms with Crippen LogP contribution in [0.3, 0.4) is 0 Å². The van der Waals surface area contributed by atoms with Crippen molar-refractivity contribution < 1.29 is 9.53 Å². The quantitative estimate of drug-likeness (QED) is 0.735. The number of nitrogens with one attached hydrogen (secondary N) is 2. The van der Waals surface area contributed by atoms with Gasteiger partial charge in [-0.15, -0.1) is 0 Å². The summed E-state index contributed by atoms with van der Waals surface area (Å²) in [5.41, 5.74) is 0.185. The van der Waals surface area contributed by atoms with E-state index in [1.807, 2.05) is 0 Å². The minimum Gasteiger partial charge on any atom is -0.384 e. The zero-order valence-corrected chi connectivity index (χ0v) is 11.3.